The lowest BCUT2D eigenvalue weighted by Crippen LogP contribution is -2.12. The zero-order chi connectivity index (χ0) is 78.5. The van der Waals surface area contributed by atoms with E-state index in [2.05, 4.69) is 436 Å². The van der Waals surface area contributed by atoms with Gasteiger partial charge in [0.15, 0.2) is 0 Å². The van der Waals surface area contributed by atoms with Crippen molar-refractivity contribution < 1.29 is 0 Å². The van der Waals surface area contributed by atoms with Crippen LogP contribution < -0.4 is 29.8 Å². The Morgan fingerprint density at radius 2 is 0.302 bits per heavy atom. The van der Waals surface area contributed by atoms with Crippen LogP contribution in [0.15, 0.2) is 477 Å². The predicted octanol–water partition coefficient (Wildman–Crippen LogP) is 29.9. The molecule has 116 heavy (non-hydrogen) atoms. The molecular weight excluding hydrogens is 1550 g/mol. The third-order valence-corrected chi connectivity index (χ3v) is 20.5. The maximum atomic E-state index is 4.92. The first-order chi connectivity index (χ1) is 57.4. The van der Waals surface area contributed by atoms with Crippen LogP contribution in [0.5, 0.6) is 0 Å². The van der Waals surface area contributed by atoms with Crippen molar-refractivity contribution >= 4 is 129 Å². The Morgan fingerprint density at radius 1 is 0.155 bits per heavy atom. The van der Waals surface area contributed by atoms with Gasteiger partial charge in [0.2, 0.25) is 0 Å². The van der Waals surface area contributed by atoms with Crippen molar-refractivity contribution in [1.29, 1.82) is 0 Å². The molecule has 0 fully saturated rings. The molecular formula is C104H78Br2N10. The van der Waals surface area contributed by atoms with E-state index < -0.39 is 0 Å². The van der Waals surface area contributed by atoms with Crippen molar-refractivity contribution in [2.24, 2.45) is 0 Å². The molecule has 0 aliphatic rings. The van der Waals surface area contributed by atoms with E-state index >= 15 is 0 Å². The number of hydrogen-bond donors (Lipinski definition) is 1. The molecule has 0 spiro atoms. The fourth-order valence-electron chi connectivity index (χ4n) is 14.0. The Morgan fingerprint density at radius 3 is 0.500 bits per heavy atom. The third kappa shape index (κ3) is 18.3. The summed E-state index contributed by atoms with van der Waals surface area (Å²) in [5.41, 5.74) is 25.9. The van der Waals surface area contributed by atoms with E-state index in [9.17, 15) is 0 Å². The largest absolute Gasteiger partial charge is 0.356 e. The summed E-state index contributed by atoms with van der Waals surface area (Å²) in [6, 6.07) is 154. The van der Waals surface area contributed by atoms with E-state index in [4.69, 9.17) is 9.97 Å². The van der Waals surface area contributed by atoms with Crippen LogP contribution in [0, 0.1) is 0 Å². The smallest absolute Gasteiger partial charge is 0.0965 e. The van der Waals surface area contributed by atoms with Gasteiger partial charge in [-0.1, -0.05) is 244 Å². The molecule has 0 bridgehead atoms. The van der Waals surface area contributed by atoms with Gasteiger partial charge < -0.3 is 29.8 Å². The summed E-state index contributed by atoms with van der Waals surface area (Å²) in [4.78, 5) is 30.2. The van der Waals surface area contributed by atoms with Gasteiger partial charge in [0.1, 0.15) is 0 Å². The van der Waals surface area contributed by atoms with Crippen molar-refractivity contribution in [3.8, 4) is 45.0 Å². The summed E-state index contributed by atoms with van der Waals surface area (Å²) in [6.45, 7) is 0. The molecule has 12 heteroatoms. The van der Waals surface area contributed by atoms with Crippen LogP contribution in [-0.2, 0) is 0 Å². The van der Waals surface area contributed by atoms with Gasteiger partial charge in [-0.2, -0.15) is 0 Å². The maximum Gasteiger partial charge on any atom is 0.0965 e. The highest BCUT2D eigenvalue weighted by Crippen LogP contribution is 2.44. The molecule has 0 atom stereocenters. The second kappa shape index (κ2) is 37.2. The SMILES string of the molecule is Brc1ccc(-c2nccnc2-c2ccc(Br)cc2)cc1.c1ccc(N(c2ccccc2)c2ccc(N(c3ccccc3)c3ccc(-c4nccnc4-c4ccc(N(c5ccccc5)c5ccc(N(c6ccccc6)c6ccccc6)cc5)cc4)cc3)cc2)cc1.c1ccc(Nc2ccc(N(c3ccccc3)c3ccccc3)cc2)cc1. The summed E-state index contributed by atoms with van der Waals surface area (Å²) in [6.07, 6.45) is 6.98. The van der Waals surface area contributed by atoms with Crippen LogP contribution >= 0.6 is 31.9 Å². The molecule has 10 nitrogen and oxygen atoms in total. The minimum Gasteiger partial charge on any atom is -0.356 e. The number of hydrogen-bond acceptors (Lipinski definition) is 10. The standard InChI is InChI=1S/C64H48N6.C24H20N2.C16H10Br2N2/c1-7-19-51(20-8-1)67(52-21-9-2-10-22-52)59-39-43-61(44-40-59)69(55-27-15-5-16-28-55)57-35-31-49(32-36-57)63-64(66-48-47-65-63)50-33-37-58(38-34-50)70(56-29-17-6-18-30-56)62-45-41-60(42-46-62)68(53-23-11-3-12-24-53)54-25-13-4-14-26-54;1-4-10-20(11-5-1)25-21-16-18-24(19-17-21)26(22-12-6-2-7-13-22)23-14-8-3-9-15-23;17-13-5-1-11(2-6-13)15-16(20-10-9-19-15)12-3-7-14(18)8-4-12/h1-48H;1-19,25H;1-10H. The Labute approximate surface area is 694 Å². The number of nitrogens with zero attached hydrogens (tertiary/aromatic N) is 9. The van der Waals surface area contributed by atoms with Crippen molar-refractivity contribution in [3.63, 3.8) is 0 Å². The molecule has 2 aromatic heterocycles. The second-order valence-corrected chi connectivity index (χ2v) is 28.9. The van der Waals surface area contributed by atoms with Crippen molar-refractivity contribution in [3.05, 3.63) is 477 Å². The molecule has 0 saturated heterocycles. The van der Waals surface area contributed by atoms with Gasteiger partial charge >= 0.3 is 0 Å². The van der Waals surface area contributed by atoms with Gasteiger partial charge in [0.25, 0.3) is 0 Å². The molecule has 0 amide bonds. The van der Waals surface area contributed by atoms with Gasteiger partial charge in [-0.05, 0) is 231 Å². The van der Waals surface area contributed by atoms with Crippen LogP contribution in [0.2, 0.25) is 0 Å². The molecule has 1 N–H and O–H groups in total. The van der Waals surface area contributed by atoms with E-state index in [-0.39, 0.29) is 0 Å². The highest BCUT2D eigenvalue weighted by molar-refractivity contribution is 9.10. The highest BCUT2D eigenvalue weighted by Gasteiger charge is 2.21. The average Bonchev–Trinajstić information content (AvgIpc) is 0.794. The Kier molecular flexibility index (Phi) is 24.2. The van der Waals surface area contributed by atoms with Crippen LogP contribution in [0.1, 0.15) is 0 Å². The molecule has 0 unspecified atom stereocenters. The molecule has 0 aliphatic heterocycles. The fourth-order valence-corrected chi connectivity index (χ4v) is 14.5. The summed E-state index contributed by atoms with van der Waals surface area (Å²) < 4.78 is 2.10. The Balaban J connectivity index is 0.000000177. The summed E-state index contributed by atoms with van der Waals surface area (Å²) in [5, 5.41) is 3.43. The lowest BCUT2D eigenvalue weighted by Gasteiger charge is -2.28. The molecule has 2 heterocycles. The number of aromatic nitrogens is 4. The van der Waals surface area contributed by atoms with Crippen molar-refractivity contribution in [2.45, 2.75) is 0 Å². The maximum absolute atomic E-state index is 4.92. The summed E-state index contributed by atoms with van der Waals surface area (Å²) >= 11 is 6.90. The number of para-hydroxylation sites is 9. The van der Waals surface area contributed by atoms with Gasteiger partial charge in [-0.15, -0.1) is 0 Å². The van der Waals surface area contributed by atoms with Crippen LogP contribution in [-0.4, -0.2) is 19.9 Å². The van der Waals surface area contributed by atoms with E-state index in [0.717, 1.165) is 151 Å². The topological polar surface area (TPSA) is 79.8 Å². The fraction of sp³-hybridized carbons (Fsp3) is 0. The Bertz CT molecular complexity index is 5650. The summed E-state index contributed by atoms with van der Waals surface area (Å²) in [7, 11) is 0. The zero-order valence-corrected chi connectivity index (χ0v) is 66.4. The molecule has 0 aliphatic carbocycles. The number of rotatable bonds is 21. The molecule has 16 aromatic carbocycles. The second-order valence-electron chi connectivity index (χ2n) is 27.0. The predicted molar refractivity (Wildman–Crippen MR) is 491 cm³/mol. The quantitative estimate of drug-likeness (QED) is 0.0751. The monoisotopic (exact) mass is 1620 g/mol. The van der Waals surface area contributed by atoms with Gasteiger partial charge in [-0.3, -0.25) is 19.9 Å². The molecule has 0 saturated carbocycles. The lowest BCUT2D eigenvalue weighted by atomic mass is 10.0. The van der Waals surface area contributed by atoms with Crippen LogP contribution in [0.4, 0.5) is 96.7 Å². The number of nitrogens with one attached hydrogen (secondary N) is 1. The van der Waals surface area contributed by atoms with Crippen LogP contribution in [0.3, 0.4) is 0 Å². The minimum atomic E-state index is 0.816. The first-order valence-corrected chi connectivity index (χ1v) is 39.9. The van der Waals surface area contributed by atoms with Crippen LogP contribution in [0.25, 0.3) is 45.0 Å². The minimum absolute atomic E-state index is 0.816. The number of halogens is 2. The van der Waals surface area contributed by atoms with E-state index in [1.165, 1.54) is 0 Å². The number of anilines is 17. The average molecular weight is 1630 g/mol. The first kappa shape index (κ1) is 75.5. The Hall–Kier alpha value is -14.6. The molecule has 558 valence electrons. The van der Waals surface area contributed by atoms with Gasteiger partial charge in [0.05, 0.1) is 22.8 Å². The molecule has 0 radical (unpaired) electrons. The van der Waals surface area contributed by atoms with E-state index in [1.807, 2.05) is 78.9 Å². The zero-order valence-electron chi connectivity index (χ0n) is 63.2. The van der Waals surface area contributed by atoms with Gasteiger partial charge in [0, 0.05) is 153 Å². The molecule has 18 aromatic rings. The first-order valence-electron chi connectivity index (χ1n) is 38.3. The highest BCUT2D eigenvalue weighted by atomic mass is 79.9. The lowest BCUT2D eigenvalue weighted by molar-refractivity contribution is 1.20. The van der Waals surface area contributed by atoms with E-state index in [0.29, 0.717) is 0 Å². The normalized spacial score (nSPS) is 10.7. The van der Waals surface area contributed by atoms with Gasteiger partial charge in [-0.25, -0.2) is 0 Å². The molecule has 18 rings (SSSR count). The van der Waals surface area contributed by atoms with Crippen molar-refractivity contribution in [2.75, 3.05) is 29.8 Å². The third-order valence-electron chi connectivity index (χ3n) is 19.5. The summed E-state index contributed by atoms with van der Waals surface area (Å²) in [5.74, 6) is 0. The number of benzene rings is 16. The van der Waals surface area contributed by atoms with E-state index in [1.54, 1.807) is 24.8 Å². The van der Waals surface area contributed by atoms with Crippen molar-refractivity contribution in [1.82, 2.24) is 19.9 Å².